The van der Waals surface area contributed by atoms with Crippen molar-refractivity contribution in [3.05, 3.63) is 150 Å². The van der Waals surface area contributed by atoms with Gasteiger partial charge in [-0.1, -0.05) is 115 Å². The smallest absolute Gasteiger partial charge is 0.174 e. The van der Waals surface area contributed by atoms with E-state index in [1.165, 1.54) is 19.6 Å². The minimum atomic E-state index is -0.378. The van der Waals surface area contributed by atoms with Crippen molar-refractivity contribution in [1.82, 2.24) is 0 Å². The van der Waals surface area contributed by atoms with Gasteiger partial charge in [-0.15, -0.1) is 0 Å². The van der Waals surface area contributed by atoms with Crippen molar-refractivity contribution in [3.8, 4) is 0 Å². The summed E-state index contributed by atoms with van der Waals surface area (Å²) in [5, 5.41) is 0. The van der Waals surface area contributed by atoms with E-state index in [-0.39, 0.29) is 23.4 Å². The minimum absolute atomic E-state index is 0.127. The molecule has 2 atom stereocenters. The van der Waals surface area contributed by atoms with Crippen LogP contribution in [0.4, 0.5) is 0 Å². The Kier molecular flexibility index (Phi) is 5.80. The molecule has 5 aliphatic rings. The van der Waals surface area contributed by atoms with E-state index in [4.69, 9.17) is 0 Å². The van der Waals surface area contributed by atoms with Gasteiger partial charge in [0.25, 0.3) is 0 Å². The number of rotatable bonds is 2. The second kappa shape index (κ2) is 9.25. The van der Waals surface area contributed by atoms with E-state index in [1.807, 2.05) is 84.2 Å². The van der Waals surface area contributed by atoms with E-state index in [0.29, 0.717) is 0 Å². The van der Waals surface area contributed by atoms with Gasteiger partial charge < -0.3 is 0 Å². The lowest BCUT2D eigenvalue weighted by Crippen LogP contribution is -2.27. The standard InChI is InChI=1S/C35H26O2S2/c1-19(35-38-20(2)21(3)39-35)22-16-17-26-30(18-22)34(37)29-15-9-6-12-25(29)32(26)31-23-10-4-7-13-27(23)33(36)28-14-8-5-11-24(28)31/h4-18,27,30H,1-3H3. The van der Waals surface area contributed by atoms with Crippen LogP contribution in [0, 0.1) is 11.8 Å². The molecule has 1 heterocycles. The van der Waals surface area contributed by atoms with Crippen LogP contribution in [-0.2, 0) is 0 Å². The third-order valence-corrected chi connectivity index (χ3v) is 11.0. The van der Waals surface area contributed by atoms with Crippen LogP contribution in [0.25, 0.3) is 11.1 Å². The van der Waals surface area contributed by atoms with Gasteiger partial charge in [-0.05, 0) is 75.1 Å². The molecule has 0 N–H and O–H groups in total. The van der Waals surface area contributed by atoms with Crippen LogP contribution in [0.2, 0.25) is 0 Å². The first-order valence-electron chi connectivity index (χ1n) is 13.2. The molecule has 0 radical (unpaired) electrons. The van der Waals surface area contributed by atoms with Crippen molar-refractivity contribution in [2.75, 3.05) is 0 Å². The molecular formula is C35H26O2S2. The number of allylic oxidation sites excluding steroid dienone is 15. The number of ketones is 2. The Bertz CT molecular complexity index is 1750. The number of benzene rings is 2. The topological polar surface area (TPSA) is 34.1 Å². The number of carbonyl (C=O) groups is 2. The van der Waals surface area contributed by atoms with Crippen molar-refractivity contribution in [3.63, 3.8) is 0 Å². The summed E-state index contributed by atoms with van der Waals surface area (Å²) >= 11 is 3.64. The van der Waals surface area contributed by atoms with E-state index < -0.39 is 0 Å². The first-order valence-corrected chi connectivity index (χ1v) is 14.8. The quantitative estimate of drug-likeness (QED) is 0.379. The van der Waals surface area contributed by atoms with E-state index >= 15 is 0 Å². The number of hydrogen-bond acceptors (Lipinski definition) is 4. The molecule has 7 rings (SSSR count). The molecule has 0 aromatic heterocycles. The van der Waals surface area contributed by atoms with Crippen LogP contribution in [0.5, 0.6) is 0 Å². The molecule has 190 valence electrons. The summed E-state index contributed by atoms with van der Waals surface area (Å²) in [6.45, 7) is 6.49. The highest BCUT2D eigenvalue weighted by molar-refractivity contribution is 8.28. The van der Waals surface area contributed by atoms with Gasteiger partial charge in [-0.25, -0.2) is 0 Å². The summed E-state index contributed by atoms with van der Waals surface area (Å²) in [6.07, 6.45) is 14.5. The van der Waals surface area contributed by atoms with Crippen LogP contribution in [0.1, 0.15) is 52.6 Å². The summed E-state index contributed by atoms with van der Waals surface area (Å²) in [5.74, 6) is -0.446. The Hall–Kier alpha value is -3.60. The van der Waals surface area contributed by atoms with Crippen molar-refractivity contribution < 1.29 is 9.59 Å². The number of Topliss-reactive ketones (excluding diaryl/α,β-unsaturated/α-hetero) is 2. The lowest BCUT2D eigenvalue weighted by atomic mass is 9.67. The molecular weight excluding hydrogens is 517 g/mol. The molecule has 2 nitrogen and oxygen atoms in total. The van der Waals surface area contributed by atoms with Crippen LogP contribution >= 0.6 is 23.5 Å². The molecule has 0 bridgehead atoms. The van der Waals surface area contributed by atoms with Crippen molar-refractivity contribution in [1.29, 1.82) is 0 Å². The summed E-state index contributed by atoms with van der Waals surface area (Å²) in [6, 6.07) is 15.9. The maximum absolute atomic E-state index is 14.0. The van der Waals surface area contributed by atoms with Crippen molar-refractivity contribution in [2.24, 2.45) is 11.8 Å². The average Bonchev–Trinajstić information content (AvgIpc) is 3.31. The van der Waals surface area contributed by atoms with Gasteiger partial charge in [0, 0.05) is 11.1 Å². The predicted octanol–water partition coefficient (Wildman–Crippen LogP) is 9.10. The number of fused-ring (bicyclic) bond motifs is 4. The molecule has 2 unspecified atom stereocenters. The average molecular weight is 543 g/mol. The summed E-state index contributed by atoms with van der Waals surface area (Å²) < 4.78 is 1.28. The Balaban J connectivity index is 1.47. The summed E-state index contributed by atoms with van der Waals surface area (Å²) in [4.78, 5) is 30.2. The minimum Gasteiger partial charge on any atom is -0.293 e. The second-order valence-electron chi connectivity index (χ2n) is 10.4. The monoisotopic (exact) mass is 542 g/mol. The fourth-order valence-electron chi connectivity index (χ4n) is 6.07. The molecule has 0 saturated heterocycles. The molecule has 2 aromatic rings. The van der Waals surface area contributed by atoms with Gasteiger partial charge in [0.05, 0.1) is 16.1 Å². The highest BCUT2D eigenvalue weighted by atomic mass is 32.2. The summed E-state index contributed by atoms with van der Waals surface area (Å²) in [7, 11) is 0. The molecule has 0 saturated carbocycles. The fraction of sp³-hybridized carbons (Fsp3) is 0.143. The lowest BCUT2D eigenvalue weighted by molar-refractivity contribution is 0.0950. The van der Waals surface area contributed by atoms with Gasteiger partial charge >= 0.3 is 0 Å². The molecule has 0 spiro atoms. The van der Waals surface area contributed by atoms with E-state index in [2.05, 4.69) is 51.1 Å². The first-order chi connectivity index (χ1) is 18.9. The zero-order valence-electron chi connectivity index (χ0n) is 21.9. The summed E-state index contributed by atoms with van der Waals surface area (Å²) in [5.41, 5.74) is 9.80. The predicted molar refractivity (Wildman–Crippen MR) is 164 cm³/mol. The van der Waals surface area contributed by atoms with E-state index in [0.717, 1.165) is 50.1 Å². The highest BCUT2D eigenvalue weighted by Gasteiger charge is 2.40. The normalized spacial score (nSPS) is 23.2. The van der Waals surface area contributed by atoms with Crippen molar-refractivity contribution >= 4 is 46.2 Å². The van der Waals surface area contributed by atoms with Crippen LogP contribution in [0.15, 0.2) is 127 Å². The highest BCUT2D eigenvalue weighted by Crippen LogP contribution is 2.53. The van der Waals surface area contributed by atoms with Crippen LogP contribution in [-0.4, -0.2) is 11.6 Å². The molecule has 0 fully saturated rings. The Morgan fingerprint density at radius 3 is 1.82 bits per heavy atom. The van der Waals surface area contributed by atoms with Gasteiger partial charge in [0.2, 0.25) is 0 Å². The van der Waals surface area contributed by atoms with Crippen LogP contribution < -0.4 is 0 Å². The third-order valence-electron chi connectivity index (χ3n) is 8.19. The van der Waals surface area contributed by atoms with E-state index in [1.54, 1.807) is 0 Å². The fourth-order valence-corrected chi connectivity index (χ4v) is 8.63. The van der Waals surface area contributed by atoms with Crippen molar-refractivity contribution in [2.45, 2.75) is 20.8 Å². The Morgan fingerprint density at radius 1 is 0.667 bits per heavy atom. The largest absolute Gasteiger partial charge is 0.293 e. The van der Waals surface area contributed by atoms with Gasteiger partial charge in [0.1, 0.15) is 0 Å². The van der Waals surface area contributed by atoms with Gasteiger partial charge in [-0.3, -0.25) is 9.59 Å². The molecule has 1 aliphatic heterocycles. The third kappa shape index (κ3) is 3.73. The Morgan fingerprint density at radius 2 is 1.21 bits per heavy atom. The molecule has 0 amide bonds. The second-order valence-corrected chi connectivity index (χ2v) is 13.1. The first kappa shape index (κ1) is 24.4. The number of hydrogen-bond donors (Lipinski definition) is 0. The van der Waals surface area contributed by atoms with Crippen LogP contribution in [0.3, 0.4) is 0 Å². The number of carbonyl (C=O) groups excluding carboxylic acids is 2. The number of thioether (sulfide) groups is 2. The molecule has 2 aromatic carbocycles. The SMILES string of the molecule is CC1=C(C)SC(=C(C)C2=CC3C(=O)c4ccccc4C(C4=C5C=CC=CC5C(=O)c5ccccc54)=C3C=C2)S1. The zero-order chi connectivity index (χ0) is 26.8. The van der Waals surface area contributed by atoms with E-state index in [9.17, 15) is 9.59 Å². The maximum atomic E-state index is 14.0. The van der Waals surface area contributed by atoms with Gasteiger partial charge in [0.15, 0.2) is 11.6 Å². The molecule has 4 aliphatic carbocycles. The Labute approximate surface area is 237 Å². The maximum Gasteiger partial charge on any atom is 0.174 e. The van der Waals surface area contributed by atoms with Gasteiger partial charge in [-0.2, -0.15) is 0 Å². The molecule has 39 heavy (non-hydrogen) atoms. The molecule has 4 heteroatoms. The zero-order valence-corrected chi connectivity index (χ0v) is 23.6. The lowest BCUT2D eigenvalue weighted by Gasteiger charge is -2.35.